The van der Waals surface area contributed by atoms with Crippen LogP contribution < -0.4 is 5.32 Å². The summed E-state index contributed by atoms with van der Waals surface area (Å²) in [6, 6.07) is 9.63. The van der Waals surface area contributed by atoms with Crippen molar-refractivity contribution in [2.24, 2.45) is 5.92 Å². The molecule has 1 aromatic carbocycles. The number of carbonyl (C=O) groups is 1. The van der Waals surface area contributed by atoms with Crippen LogP contribution in [-0.4, -0.2) is 42.8 Å². The fourth-order valence-electron chi connectivity index (χ4n) is 3.78. The number of benzene rings is 1. The lowest BCUT2D eigenvalue weighted by Crippen LogP contribution is -2.45. The van der Waals surface area contributed by atoms with E-state index in [9.17, 15) is 4.79 Å². The highest BCUT2D eigenvalue weighted by molar-refractivity contribution is 5.67. The molecule has 0 radical (unpaired) electrons. The predicted molar refractivity (Wildman–Crippen MR) is 96.1 cm³/mol. The van der Waals surface area contributed by atoms with Crippen molar-refractivity contribution in [2.75, 3.05) is 26.2 Å². The molecule has 0 aliphatic carbocycles. The SMILES string of the molecule is O=C(OCc1ccccc1)N1CCC(F)(CCC2CCNCC2)CC1. The number of amides is 1. The molecular formula is C20H29FN2O2. The zero-order chi connectivity index (χ0) is 17.5. The lowest BCUT2D eigenvalue weighted by Gasteiger charge is -2.37. The van der Waals surface area contributed by atoms with Crippen LogP contribution in [0.1, 0.15) is 44.1 Å². The summed E-state index contributed by atoms with van der Waals surface area (Å²) >= 11 is 0. The summed E-state index contributed by atoms with van der Waals surface area (Å²) in [7, 11) is 0. The van der Waals surface area contributed by atoms with Crippen molar-refractivity contribution >= 4 is 6.09 Å². The molecular weight excluding hydrogens is 319 g/mol. The number of alkyl halides is 1. The number of piperidine rings is 2. The van der Waals surface area contributed by atoms with Crippen LogP contribution in [-0.2, 0) is 11.3 Å². The van der Waals surface area contributed by atoms with Gasteiger partial charge in [-0.05, 0) is 63.1 Å². The smallest absolute Gasteiger partial charge is 0.410 e. The highest BCUT2D eigenvalue weighted by Gasteiger charge is 2.36. The van der Waals surface area contributed by atoms with E-state index in [1.807, 2.05) is 30.3 Å². The molecule has 2 fully saturated rings. The molecule has 2 saturated heterocycles. The molecule has 2 heterocycles. The van der Waals surface area contributed by atoms with Crippen LogP contribution >= 0.6 is 0 Å². The average Bonchev–Trinajstić information content (AvgIpc) is 2.67. The fourth-order valence-corrected chi connectivity index (χ4v) is 3.78. The van der Waals surface area contributed by atoms with Crippen LogP contribution in [0.15, 0.2) is 30.3 Å². The van der Waals surface area contributed by atoms with Crippen molar-refractivity contribution in [3.05, 3.63) is 35.9 Å². The molecule has 25 heavy (non-hydrogen) atoms. The Labute approximate surface area is 149 Å². The Morgan fingerprint density at radius 1 is 1.20 bits per heavy atom. The first kappa shape index (κ1) is 18.2. The van der Waals surface area contributed by atoms with Crippen molar-refractivity contribution in [2.45, 2.75) is 50.8 Å². The summed E-state index contributed by atoms with van der Waals surface area (Å²) in [4.78, 5) is 13.8. The molecule has 0 saturated carbocycles. The van der Waals surface area contributed by atoms with Gasteiger partial charge in [-0.3, -0.25) is 0 Å². The number of nitrogens with zero attached hydrogens (tertiary/aromatic N) is 1. The highest BCUT2D eigenvalue weighted by atomic mass is 19.1. The largest absolute Gasteiger partial charge is 0.445 e. The fraction of sp³-hybridized carbons (Fsp3) is 0.650. The summed E-state index contributed by atoms with van der Waals surface area (Å²) in [5.41, 5.74) is -0.143. The quantitative estimate of drug-likeness (QED) is 0.877. The maximum absolute atomic E-state index is 15.0. The minimum absolute atomic E-state index is 0.270. The Morgan fingerprint density at radius 2 is 1.88 bits per heavy atom. The molecule has 2 aliphatic heterocycles. The minimum atomic E-state index is -1.11. The van der Waals surface area contributed by atoms with Crippen molar-refractivity contribution in [3.63, 3.8) is 0 Å². The van der Waals surface area contributed by atoms with Crippen LogP contribution in [0.5, 0.6) is 0 Å². The first-order valence-corrected chi connectivity index (χ1v) is 9.50. The van der Waals surface area contributed by atoms with E-state index in [-0.39, 0.29) is 12.7 Å². The van der Waals surface area contributed by atoms with Gasteiger partial charge in [0.15, 0.2) is 0 Å². The van der Waals surface area contributed by atoms with Crippen molar-refractivity contribution < 1.29 is 13.9 Å². The second kappa shape index (κ2) is 8.65. The summed E-state index contributed by atoms with van der Waals surface area (Å²) < 4.78 is 20.4. The van der Waals surface area contributed by atoms with Gasteiger partial charge in [0.25, 0.3) is 0 Å². The van der Waals surface area contributed by atoms with Gasteiger partial charge in [-0.15, -0.1) is 0 Å². The predicted octanol–water partition coefficient (Wildman–Crippen LogP) is 3.91. The van der Waals surface area contributed by atoms with Gasteiger partial charge in [0.1, 0.15) is 12.3 Å². The van der Waals surface area contributed by atoms with Crippen molar-refractivity contribution in [1.29, 1.82) is 0 Å². The molecule has 0 aromatic heterocycles. The number of carbonyl (C=O) groups excluding carboxylic acids is 1. The second-order valence-corrected chi connectivity index (χ2v) is 7.41. The molecule has 0 spiro atoms. The Morgan fingerprint density at radius 3 is 2.56 bits per heavy atom. The van der Waals surface area contributed by atoms with Gasteiger partial charge in [-0.2, -0.15) is 0 Å². The van der Waals surface area contributed by atoms with Gasteiger partial charge in [0, 0.05) is 13.1 Å². The van der Waals surface area contributed by atoms with Crippen LogP contribution in [0.25, 0.3) is 0 Å². The van der Waals surface area contributed by atoms with Gasteiger partial charge in [0.05, 0.1) is 0 Å². The van der Waals surface area contributed by atoms with E-state index in [4.69, 9.17) is 4.74 Å². The molecule has 2 aliphatic rings. The first-order valence-electron chi connectivity index (χ1n) is 9.50. The zero-order valence-electron chi connectivity index (χ0n) is 14.9. The molecule has 138 valence electrons. The Balaban J connectivity index is 1.38. The van der Waals surface area contributed by atoms with E-state index in [0.29, 0.717) is 38.3 Å². The van der Waals surface area contributed by atoms with E-state index in [2.05, 4.69) is 5.32 Å². The normalized spacial score (nSPS) is 21.1. The van der Waals surface area contributed by atoms with Crippen LogP contribution in [0, 0.1) is 5.92 Å². The van der Waals surface area contributed by atoms with Gasteiger partial charge in [-0.25, -0.2) is 9.18 Å². The average molecular weight is 348 g/mol. The van der Waals surface area contributed by atoms with E-state index >= 15 is 4.39 Å². The Hall–Kier alpha value is -1.62. The summed E-state index contributed by atoms with van der Waals surface area (Å²) in [5.74, 6) is 0.655. The molecule has 1 aromatic rings. The van der Waals surface area contributed by atoms with Crippen molar-refractivity contribution in [3.8, 4) is 0 Å². The third-order valence-electron chi connectivity index (χ3n) is 5.58. The molecule has 1 N–H and O–H groups in total. The molecule has 4 nitrogen and oxygen atoms in total. The number of nitrogens with one attached hydrogen (secondary N) is 1. The molecule has 0 atom stereocenters. The lowest BCUT2D eigenvalue weighted by molar-refractivity contribution is 0.0321. The highest BCUT2D eigenvalue weighted by Crippen LogP contribution is 2.34. The molecule has 0 bridgehead atoms. The first-order chi connectivity index (χ1) is 12.1. The number of hydrogen-bond acceptors (Lipinski definition) is 3. The number of rotatable bonds is 5. The van der Waals surface area contributed by atoms with E-state index < -0.39 is 5.67 Å². The summed E-state index contributed by atoms with van der Waals surface area (Å²) in [5, 5.41) is 3.35. The number of ether oxygens (including phenoxy) is 1. The summed E-state index contributed by atoms with van der Waals surface area (Å²) in [6.45, 7) is 3.30. The summed E-state index contributed by atoms with van der Waals surface area (Å²) in [6.07, 6.45) is 4.45. The third-order valence-corrected chi connectivity index (χ3v) is 5.58. The standard InChI is InChI=1S/C20H29FN2O2/c21-20(9-6-17-7-12-22-13-8-17)10-14-23(15-11-20)19(24)25-16-18-4-2-1-3-5-18/h1-5,17,22H,6-16H2. The van der Waals surface area contributed by atoms with E-state index in [0.717, 1.165) is 37.9 Å². The maximum Gasteiger partial charge on any atom is 0.410 e. The third kappa shape index (κ3) is 5.43. The molecule has 0 unspecified atom stereocenters. The van der Waals surface area contributed by atoms with Crippen molar-refractivity contribution in [1.82, 2.24) is 10.2 Å². The van der Waals surface area contributed by atoms with E-state index in [1.54, 1.807) is 4.90 Å². The van der Waals surface area contributed by atoms with Gasteiger partial charge in [0.2, 0.25) is 0 Å². The number of halogens is 1. The molecule has 3 rings (SSSR count). The Bertz CT molecular complexity index is 538. The van der Waals surface area contributed by atoms with Gasteiger partial charge < -0.3 is 15.0 Å². The van der Waals surface area contributed by atoms with Crippen LogP contribution in [0.3, 0.4) is 0 Å². The maximum atomic E-state index is 15.0. The van der Waals surface area contributed by atoms with Crippen LogP contribution in [0.2, 0.25) is 0 Å². The second-order valence-electron chi connectivity index (χ2n) is 7.41. The topological polar surface area (TPSA) is 41.6 Å². The minimum Gasteiger partial charge on any atom is -0.445 e. The molecule has 5 heteroatoms. The monoisotopic (exact) mass is 348 g/mol. The van der Waals surface area contributed by atoms with Crippen LogP contribution in [0.4, 0.5) is 9.18 Å². The zero-order valence-corrected chi connectivity index (χ0v) is 14.9. The lowest BCUT2D eigenvalue weighted by atomic mass is 9.83. The number of hydrogen-bond donors (Lipinski definition) is 1. The molecule has 1 amide bonds. The number of likely N-dealkylation sites (tertiary alicyclic amines) is 1. The van der Waals surface area contributed by atoms with E-state index in [1.165, 1.54) is 0 Å². The van der Waals surface area contributed by atoms with Gasteiger partial charge in [-0.1, -0.05) is 30.3 Å². The Kier molecular flexibility index (Phi) is 6.29. The van der Waals surface area contributed by atoms with Gasteiger partial charge >= 0.3 is 6.09 Å².